The summed E-state index contributed by atoms with van der Waals surface area (Å²) >= 11 is 0. The SMILES string of the molecule is C.CC.CC.CC(=O)/C=C/c1ccccc1.CC(C)=O.O=Cc1ccccc1. The van der Waals surface area contributed by atoms with E-state index in [-0.39, 0.29) is 19.0 Å². The predicted molar refractivity (Wildman–Crippen MR) is 124 cm³/mol. The fourth-order valence-corrected chi connectivity index (χ4v) is 1.31. The molecule has 0 saturated heterocycles. The van der Waals surface area contributed by atoms with E-state index in [0.29, 0.717) is 0 Å². The van der Waals surface area contributed by atoms with Crippen LogP contribution in [0.25, 0.3) is 6.08 Å². The fraction of sp³-hybridized carbons (Fsp3) is 0.320. The summed E-state index contributed by atoms with van der Waals surface area (Å²) in [5, 5.41) is 0. The quantitative estimate of drug-likeness (QED) is 0.418. The number of ketones is 2. The van der Waals surface area contributed by atoms with E-state index >= 15 is 0 Å². The zero-order valence-electron chi connectivity index (χ0n) is 17.7. The van der Waals surface area contributed by atoms with Crippen LogP contribution in [0, 0.1) is 0 Å². The first-order valence-electron chi connectivity index (χ1n) is 9.16. The van der Waals surface area contributed by atoms with E-state index in [1.807, 2.05) is 82.3 Å². The summed E-state index contributed by atoms with van der Waals surface area (Å²) in [6, 6.07) is 18.9. The van der Waals surface area contributed by atoms with Gasteiger partial charge >= 0.3 is 0 Å². The number of rotatable bonds is 3. The first-order chi connectivity index (χ1) is 13.0. The zero-order valence-corrected chi connectivity index (χ0v) is 17.7. The molecular weight excluding hydrogens is 348 g/mol. The Balaban J connectivity index is -0.000000150. The summed E-state index contributed by atoms with van der Waals surface area (Å²) in [5.74, 6) is 0.244. The van der Waals surface area contributed by atoms with Crippen molar-refractivity contribution in [1.29, 1.82) is 0 Å². The van der Waals surface area contributed by atoms with Crippen molar-refractivity contribution in [2.75, 3.05) is 0 Å². The van der Waals surface area contributed by atoms with Crippen molar-refractivity contribution in [3.05, 3.63) is 77.9 Å². The lowest BCUT2D eigenvalue weighted by Gasteiger charge is -1.88. The van der Waals surface area contributed by atoms with Crippen LogP contribution in [-0.4, -0.2) is 17.9 Å². The molecule has 2 rings (SSSR count). The fourth-order valence-electron chi connectivity index (χ4n) is 1.31. The highest BCUT2D eigenvalue weighted by Crippen LogP contribution is 2.00. The van der Waals surface area contributed by atoms with E-state index in [0.717, 1.165) is 17.4 Å². The van der Waals surface area contributed by atoms with E-state index in [1.165, 1.54) is 13.8 Å². The molecule has 28 heavy (non-hydrogen) atoms. The molecule has 0 aliphatic rings. The Morgan fingerprint density at radius 2 is 1.00 bits per heavy atom. The number of aldehydes is 1. The molecule has 0 saturated carbocycles. The zero-order chi connectivity index (χ0) is 21.5. The summed E-state index contributed by atoms with van der Waals surface area (Å²) in [5.41, 5.74) is 1.79. The van der Waals surface area contributed by atoms with E-state index in [9.17, 15) is 14.4 Å². The number of hydrogen-bond acceptors (Lipinski definition) is 3. The van der Waals surface area contributed by atoms with Gasteiger partial charge in [-0.25, -0.2) is 0 Å². The Bertz CT molecular complexity index is 611. The summed E-state index contributed by atoms with van der Waals surface area (Å²) in [6.45, 7) is 12.6. The standard InChI is InChI=1S/C10H10O.C7H6O.C3H6O.2C2H6.CH4/c1-9(11)7-8-10-5-3-2-4-6-10;8-6-7-4-2-1-3-5-7;1-3(2)4;2*1-2;/h2-8H,1H3;1-6H;1-2H3;2*1-2H3;1H4/b8-7+;;;;;. The van der Waals surface area contributed by atoms with Crippen molar-refractivity contribution in [3.8, 4) is 0 Å². The Hall–Kier alpha value is -2.81. The van der Waals surface area contributed by atoms with Gasteiger partial charge in [0.1, 0.15) is 12.1 Å². The van der Waals surface area contributed by atoms with Gasteiger partial charge < -0.3 is 4.79 Å². The smallest absolute Gasteiger partial charge is 0.152 e. The lowest BCUT2D eigenvalue weighted by atomic mass is 10.2. The van der Waals surface area contributed by atoms with Crippen LogP contribution in [0.15, 0.2) is 66.7 Å². The van der Waals surface area contributed by atoms with Crippen LogP contribution in [-0.2, 0) is 9.59 Å². The van der Waals surface area contributed by atoms with E-state index < -0.39 is 0 Å². The highest BCUT2D eigenvalue weighted by molar-refractivity contribution is 5.91. The van der Waals surface area contributed by atoms with Crippen molar-refractivity contribution in [2.24, 2.45) is 0 Å². The molecule has 0 aromatic heterocycles. The van der Waals surface area contributed by atoms with E-state index in [2.05, 4.69) is 0 Å². The molecule has 3 nitrogen and oxygen atoms in total. The lowest BCUT2D eigenvalue weighted by molar-refractivity contribution is -0.115. The van der Waals surface area contributed by atoms with Gasteiger partial charge in [-0.15, -0.1) is 0 Å². The third-order valence-electron chi connectivity index (χ3n) is 2.25. The molecule has 2 aromatic rings. The van der Waals surface area contributed by atoms with Gasteiger partial charge in [-0.1, -0.05) is 102 Å². The highest BCUT2D eigenvalue weighted by atomic mass is 16.1. The second kappa shape index (κ2) is 26.4. The number of hydrogen-bond donors (Lipinski definition) is 0. The Kier molecular flexibility index (Phi) is 31.0. The maximum absolute atomic E-state index is 10.5. The molecule has 0 bridgehead atoms. The molecule has 0 atom stereocenters. The summed E-state index contributed by atoms with van der Waals surface area (Å²) in [7, 11) is 0. The van der Waals surface area contributed by atoms with Gasteiger partial charge in [-0.2, -0.15) is 0 Å². The Labute approximate surface area is 172 Å². The molecule has 0 N–H and O–H groups in total. The van der Waals surface area contributed by atoms with Crippen LogP contribution in [0.5, 0.6) is 0 Å². The topological polar surface area (TPSA) is 51.2 Å². The number of benzene rings is 2. The van der Waals surface area contributed by atoms with E-state index in [4.69, 9.17) is 0 Å². The lowest BCUT2D eigenvalue weighted by Crippen LogP contribution is -1.79. The second-order valence-electron chi connectivity index (χ2n) is 4.79. The number of carbonyl (C=O) groups is 3. The van der Waals surface area contributed by atoms with Crippen LogP contribution in [0.3, 0.4) is 0 Å². The van der Waals surface area contributed by atoms with Crippen molar-refractivity contribution in [3.63, 3.8) is 0 Å². The van der Waals surface area contributed by atoms with Crippen molar-refractivity contribution >= 4 is 23.9 Å². The van der Waals surface area contributed by atoms with Gasteiger partial charge in [0, 0.05) is 5.56 Å². The second-order valence-corrected chi connectivity index (χ2v) is 4.79. The van der Waals surface area contributed by atoms with Gasteiger partial charge in [0.2, 0.25) is 0 Å². The van der Waals surface area contributed by atoms with E-state index in [1.54, 1.807) is 25.1 Å². The Morgan fingerprint density at radius 3 is 1.25 bits per heavy atom. The van der Waals surface area contributed by atoms with Gasteiger partial charge in [-0.3, -0.25) is 9.59 Å². The van der Waals surface area contributed by atoms with Gasteiger partial charge in [0.05, 0.1) is 0 Å². The molecule has 0 heterocycles. The largest absolute Gasteiger partial charge is 0.300 e. The summed E-state index contributed by atoms with van der Waals surface area (Å²) in [6.07, 6.45) is 4.21. The normalized spacial score (nSPS) is 7.82. The summed E-state index contributed by atoms with van der Waals surface area (Å²) < 4.78 is 0. The molecule has 2 aromatic carbocycles. The molecule has 0 fully saturated rings. The minimum atomic E-state index is 0. The molecule has 0 aliphatic carbocycles. The average molecular weight is 387 g/mol. The molecular formula is C25H38O3. The molecule has 0 spiro atoms. The maximum Gasteiger partial charge on any atom is 0.152 e. The maximum atomic E-state index is 10.5. The molecule has 0 unspecified atom stereocenters. The van der Waals surface area contributed by atoms with Crippen LogP contribution in [0.4, 0.5) is 0 Å². The minimum Gasteiger partial charge on any atom is -0.300 e. The predicted octanol–water partition coefficient (Wildman–Crippen LogP) is 7.07. The Morgan fingerprint density at radius 1 is 0.679 bits per heavy atom. The van der Waals surface area contributed by atoms with Crippen molar-refractivity contribution in [1.82, 2.24) is 0 Å². The van der Waals surface area contributed by atoms with Gasteiger partial charge in [-0.05, 0) is 32.4 Å². The molecule has 156 valence electrons. The summed E-state index contributed by atoms with van der Waals surface area (Å²) in [4.78, 5) is 30.0. The third kappa shape index (κ3) is 28.0. The first-order valence-corrected chi connectivity index (χ1v) is 9.16. The number of Topliss-reactive ketones (excluding diaryl/α,β-unsaturated/α-hetero) is 1. The van der Waals surface area contributed by atoms with Crippen molar-refractivity contribution < 1.29 is 14.4 Å². The molecule has 0 radical (unpaired) electrons. The molecule has 0 amide bonds. The third-order valence-corrected chi connectivity index (χ3v) is 2.25. The first kappa shape index (κ1) is 32.8. The molecule has 3 heteroatoms. The molecule has 0 aliphatic heterocycles. The number of allylic oxidation sites excluding steroid dienone is 1. The van der Waals surface area contributed by atoms with Crippen molar-refractivity contribution in [2.45, 2.75) is 55.9 Å². The average Bonchev–Trinajstić information content (AvgIpc) is 2.71. The van der Waals surface area contributed by atoms with Crippen LogP contribution >= 0.6 is 0 Å². The van der Waals surface area contributed by atoms with Gasteiger partial charge in [0.15, 0.2) is 5.78 Å². The highest BCUT2D eigenvalue weighted by Gasteiger charge is 1.84. The van der Waals surface area contributed by atoms with Gasteiger partial charge in [0.25, 0.3) is 0 Å². The minimum absolute atomic E-state index is 0. The van der Waals surface area contributed by atoms with Crippen LogP contribution < -0.4 is 0 Å². The van der Waals surface area contributed by atoms with Crippen LogP contribution in [0.2, 0.25) is 0 Å². The monoisotopic (exact) mass is 386 g/mol. The number of carbonyl (C=O) groups excluding carboxylic acids is 3. The van der Waals surface area contributed by atoms with Crippen LogP contribution in [0.1, 0.15) is 71.8 Å².